The Morgan fingerprint density at radius 2 is 1.70 bits per heavy atom. The van der Waals surface area contributed by atoms with E-state index in [9.17, 15) is 0 Å². The van der Waals surface area contributed by atoms with Crippen LogP contribution in [0, 0.1) is 0 Å². The van der Waals surface area contributed by atoms with E-state index in [1.165, 1.54) is 12.0 Å². The Morgan fingerprint density at radius 3 is 2.30 bits per heavy atom. The minimum absolute atomic E-state index is 0.819. The number of hydrogen-bond acceptors (Lipinski definition) is 4. The summed E-state index contributed by atoms with van der Waals surface area (Å²) in [7, 11) is 1.87. The second-order valence-electron chi connectivity index (χ2n) is 4.73. The predicted molar refractivity (Wildman–Crippen MR) is 84.7 cm³/mol. The van der Waals surface area contributed by atoms with Crippen LogP contribution in [0.1, 0.15) is 31.7 Å². The highest BCUT2D eigenvalue weighted by molar-refractivity contribution is 5.59. The van der Waals surface area contributed by atoms with Gasteiger partial charge in [0.15, 0.2) is 0 Å². The highest BCUT2D eigenvalue weighted by atomic mass is 15.1. The molecule has 0 fully saturated rings. The molecule has 0 aliphatic carbocycles. The van der Waals surface area contributed by atoms with Gasteiger partial charge in [0, 0.05) is 25.2 Å². The molecule has 0 amide bonds. The van der Waals surface area contributed by atoms with E-state index >= 15 is 0 Å². The van der Waals surface area contributed by atoms with Crippen LogP contribution >= 0.6 is 0 Å². The third-order valence-corrected chi connectivity index (χ3v) is 3.11. The highest BCUT2D eigenvalue weighted by Crippen LogP contribution is 2.18. The average Bonchev–Trinajstić information content (AvgIpc) is 2.49. The number of rotatable bonds is 6. The van der Waals surface area contributed by atoms with Crippen LogP contribution in [0.25, 0.3) is 0 Å². The number of nitrogens with zero attached hydrogens (tertiary/aromatic N) is 2. The van der Waals surface area contributed by atoms with Gasteiger partial charge in [0.25, 0.3) is 0 Å². The molecule has 20 heavy (non-hydrogen) atoms. The Kier molecular flexibility index (Phi) is 4.93. The number of benzene rings is 1. The molecule has 4 nitrogen and oxygen atoms in total. The van der Waals surface area contributed by atoms with E-state index in [-0.39, 0.29) is 0 Å². The molecular weight excluding hydrogens is 248 g/mol. The molecule has 1 heterocycles. The van der Waals surface area contributed by atoms with Gasteiger partial charge in [-0.1, -0.05) is 32.4 Å². The molecule has 1 aromatic heterocycles. The van der Waals surface area contributed by atoms with E-state index < -0.39 is 0 Å². The van der Waals surface area contributed by atoms with E-state index in [1.807, 2.05) is 13.1 Å². The Bertz CT molecular complexity index is 527. The summed E-state index contributed by atoms with van der Waals surface area (Å²) in [6.45, 7) is 4.25. The molecule has 0 aliphatic rings. The molecule has 106 valence electrons. The lowest BCUT2D eigenvalue weighted by atomic mass is 10.1. The Balaban J connectivity index is 2.16. The van der Waals surface area contributed by atoms with Crippen molar-refractivity contribution < 1.29 is 0 Å². The van der Waals surface area contributed by atoms with E-state index in [1.54, 1.807) is 0 Å². The van der Waals surface area contributed by atoms with Gasteiger partial charge in [-0.25, -0.2) is 9.97 Å². The standard InChI is InChI=1S/C16H22N4/c1-4-6-12-7-9-13(10-8-12)18-16-11-15(17-3)19-14(5-2)20-16/h7-11H,4-6H2,1-3H3,(H2,17,18,19,20). The van der Waals surface area contributed by atoms with E-state index in [4.69, 9.17) is 0 Å². The van der Waals surface area contributed by atoms with Gasteiger partial charge in [-0.05, 0) is 24.1 Å². The van der Waals surface area contributed by atoms with Crippen LogP contribution < -0.4 is 10.6 Å². The monoisotopic (exact) mass is 270 g/mol. The molecular formula is C16H22N4. The van der Waals surface area contributed by atoms with Crippen molar-refractivity contribution in [3.8, 4) is 0 Å². The number of hydrogen-bond donors (Lipinski definition) is 2. The normalized spacial score (nSPS) is 10.3. The van der Waals surface area contributed by atoms with Gasteiger partial charge in [-0.2, -0.15) is 0 Å². The lowest BCUT2D eigenvalue weighted by molar-refractivity contribution is 0.922. The van der Waals surface area contributed by atoms with E-state index in [0.29, 0.717) is 0 Å². The van der Waals surface area contributed by atoms with Gasteiger partial charge in [0.05, 0.1) is 0 Å². The predicted octanol–water partition coefficient (Wildman–Crippen LogP) is 3.78. The summed E-state index contributed by atoms with van der Waals surface area (Å²) in [6.07, 6.45) is 3.11. The van der Waals surface area contributed by atoms with Gasteiger partial charge in [-0.15, -0.1) is 0 Å². The van der Waals surface area contributed by atoms with Gasteiger partial charge >= 0.3 is 0 Å². The van der Waals surface area contributed by atoms with Crippen LogP contribution in [0.2, 0.25) is 0 Å². The molecule has 0 spiro atoms. The van der Waals surface area contributed by atoms with Crippen LogP contribution in [0.5, 0.6) is 0 Å². The molecule has 0 saturated heterocycles. The largest absolute Gasteiger partial charge is 0.373 e. The van der Waals surface area contributed by atoms with Gasteiger partial charge in [0.1, 0.15) is 17.5 Å². The van der Waals surface area contributed by atoms with Crippen LogP contribution in [-0.2, 0) is 12.8 Å². The maximum absolute atomic E-state index is 4.49. The van der Waals surface area contributed by atoms with Crippen molar-refractivity contribution in [3.63, 3.8) is 0 Å². The highest BCUT2D eigenvalue weighted by Gasteiger charge is 2.03. The summed E-state index contributed by atoms with van der Waals surface area (Å²) in [5.74, 6) is 2.49. The first-order chi connectivity index (χ1) is 9.75. The number of aryl methyl sites for hydroxylation is 2. The molecule has 0 saturated carbocycles. The van der Waals surface area contributed by atoms with Crippen molar-refractivity contribution in [2.45, 2.75) is 33.1 Å². The fourth-order valence-corrected chi connectivity index (χ4v) is 2.04. The first-order valence-corrected chi connectivity index (χ1v) is 7.16. The summed E-state index contributed by atoms with van der Waals surface area (Å²) < 4.78 is 0. The van der Waals surface area contributed by atoms with Crippen molar-refractivity contribution in [2.75, 3.05) is 17.7 Å². The van der Waals surface area contributed by atoms with Gasteiger partial charge in [0.2, 0.25) is 0 Å². The molecule has 2 N–H and O–H groups in total. The van der Waals surface area contributed by atoms with Crippen molar-refractivity contribution in [1.82, 2.24) is 9.97 Å². The Labute approximate surface area is 120 Å². The molecule has 2 rings (SSSR count). The van der Waals surface area contributed by atoms with Crippen LogP contribution in [-0.4, -0.2) is 17.0 Å². The topological polar surface area (TPSA) is 49.8 Å². The average molecular weight is 270 g/mol. The van der Waals surface area contributed by atoms with E-state index in [2.05, 4.69) is 58.7 Å². The Hall–Kier alpha value is -2.10. The summed E-state index contributed by atoms with van der Waals surface area (Å²) in [5.41, 5.74) is 2.42. The lowest BCUT2D eigenvalue weighted by Crippen LogP contribution is -2.03. The number of anilines is 3. The van der Waals surface area contributed by atoms with E-state index in [0.717, 1.165) is 36.0 Å². The number of nitrogens with one attached hydrogen (secondary N) is 2. The van der Waals surface area contributed by atoms with Gasteiger partial charge in [-0.3, -0.25) is 0 Å². The summed E-state index contributed by atoms with van der Waals surface area (Å²) in [5, 5.41) is 6.39. The van der Waals surface area contributed by atoms with Crippen LogP contribution in [0.15, 0.2) is 30.3 Å². The smallest absolute Gasteiger partial charge is 0.136 e. The van der Waals surface area contributed by atoms with Crippen molar-refractivity contribution >= 4 is 17.3 Å². The van der Waals surface area contributed by atoms with Crippen LogP contribution in [0.3, 0.4) is 0 Å². The maximum Gasteiger partial charge on any atom is 0.136 e. The fourth-order valence-electron chi connectivity index (χ4n) is 2.04. The first kappa shape index (κ1) is 14.3. The van der Waals surface area contributed by atoms with Crippen molar-refractivity contribution in [2.24, 2.45) is 0 Å². The SMILES string of the molecule is CCCc1ccc(Nc2cc(NC)nc(CC)n2)cc1. The zero-order valence-corrected chi connectivity index (χ0v) is 12.4. The number of aromatic nitrogens is 2. The van der Waals surface area contributed by atoms with Crippen molar-refractivity contribution in [3.05, 3.63) is 41.7 Å². The molecule has 0 unspecified atom stereocenters. The zero-order valence-electron chi connectivity index (χ0n) is 12.4. The third kappa shape index (κ3) is 3.70. The Morgan fingerprint density at radius 1 is 1.00 bits per heavy atom. The fraction of sp³-hybridized carbons (Fsp3) is 0.375. The van der Waals surface area contributed by atoms with Crippen LogP contribution in [0.4, 0.5) is 17.3 Å². The maximum atomic E-state index is 4.49. The minimum Gasteiger partial charge on any atom is -0.373 e. The van der Waals surface area contributed by atoms with Crippen molar-refractivity contribution in [1.29, 1.82) is 0 Å². The molecule has 0 radical (unpaired) electrons. The molecule has 0 atom stereocenters. The summed E-state index contributed by atoms with van der Waals surface area (Å²) >= 11 is 0. The third-order valence-electron chi connectivity index (χ3n) is 3.11. The first-order valence-electron chi connectivity index (χ1n) is 7.16. The second kappa shape index (κ2) is 6.89. The molecule has 1 aromatic carbocycles. The zero-order chi connectivity index (χ0) is 14.4. The van der Waals surface area contributed by atoms with Gasteiger partial charge < -0.3 is 10.6 Å². The molecule has 0 bridgehead atoms. The summed E-state index contributed by atoms with van der Waals surface area (Å²) in [6, 6.07) is 10.4. The minimum atomic E-state index is 0.819. The summed E-state index contributed by atoms with van der Waals surface area (Å²) in [4.78, 5) is 8.88. The quantitative estimate of drug-likeness (QED) is 0.838. The second-order valence-corrected chi connectivity index (χ2v) is 4.73. The molecule has 2 aromatic rings. The lowest BCUT2D eigenvalue weighted by Gasteiger charge is -2.09. The molecule has 4 heteroatoms. The molecule has 0 aliphatic heterocycles.